The molecule has 0 radical (unpaired) electrons. The van der Waals surface area contributed by atoms with Gasteiger partial charge < -0.3 is 19.5 Å². The summed E-state index contributed by atoms with van der Waals surface area (Å²) in [4.78, 5) is 42.2. The van der Waals surface area contributed by atoms with E-state index in [1.165, 1.54) is 6.42 Å². The maximum absolute atomic E-state index is 13.6. The predicted octanol–water partition coefficient (Wildman–Crippen LogP) is 4.37. The number of hydrogen-bond donors (Lipinski definition) is 1. The van der Waals surface area contributed by atoms with Crippen molar-refractivity contribution in [2.75, 3.05) is 13.7 Å². The van der Waals surface area contributed by atoms with Gasteiger partial charge in [-0.25, -0.2) is 0 Å². The topological polar surface area (TPSA) is 80.6 Å². The molecule has 4 rings (SSSR count). The third kappa shape index (κ3) is 5.95. The van der Waals surface area contributed by atoms with Gasteiger partial charge in [0.25, 0.3) is 11.8 Å². The van der Waals surface area contributed by atoms with E-state index in [1.54, 1.807) is 24.1 Å². The Morgan fingerprint density at radius 3 is 2.51 bits per heavy atom. The average molecular weight is 480 g/mol. The van der Waals surface area contributed by atoms with Crippen molar-refractivity contribution in [3.63, 3.8) is 0 Å². The number of benzene rings is 1. The highest BCUT2D eigenvalue weighted by molar-refractivity contribution is 5.99. The number of likely N-dealkylation sites (tertiary alicyclic amines) is 1. The van der Waals surface area contributed by atoms with E-state index in [2.05, 4.69) is 12.2 Å². The number of aromatic nitrogens is 1. The Hall–Kier alpha value is -3.09. The second-order valence-corrected chi connectivity index (χ2v) is 9.80. The molecular weight excluding hydrogens is 442 g/mol. The molecule has 2 aromatic rings. The van der Waals surface area contributed by atoms with Crippen molar-refractivity contribution in [2.24, 2.45) is 0 Å². The molecule has 7 heteroatoms. The smallest absolute Gasteiger partial charge is 0.259 e. The molecule has 1 saturated heterocycles. The zero-order chi connectivity index (χ0) is 24.8. The molecule has 2 amide bonds. The second-order valence-electron chi connectivity index (χ2n) is 9.80. The van der Waals surface area contributed by atoms with Crippen LogP contribution in [0.2, 0.25) is 0 Å². The molecule has 1 atom stereocenters. The highest BCUT2D eigenvalue weighted by Crippen LogP contribution is 2.22. The molecule has 1 aromatic heterocycles. The van der Waals surface area contributed by atoms with Gasteiger partial charge in [-0.1, -0.05) is 38.3 Å². The lowest BCUT2D eigenvalue weighted by atomic mass is 9.95. The van der Waals surface area contributed by atoms with Gasteiger partial charge in [0.05, 0.1) is 7.11 Å². The first-order valence-corrected chi connectivity index (χ1v) is 13.0. The number of rotatable bonds is 7. The van der Waals surface area contributed by atoms with E-state index in [-0.39, 0.29) is 35.0 Å². The molecule has 1 aliphatic carbocycles. The number of carbonyl (C=O) groups is 2. The number of methoxy groups -OCH3 is 1. The van der Waals surface area contributed by atoms with Crippen LogP contribution in [-0.2, 0) is 6.54 Å². The van der Waals surface area contributed by atoms with Crippen molar-refractivity contribution in [1.82, 2.24) is 14.8 Å². The van der Waals surface area contributed by atoms with Crippen LogP contribution in [0.15, 0.2) is 41.5 Å². The summed E-state index contributed by atoms with van der Waals surface area (Å²) in [6, 6.07) is 7.85. The fraction of sp³-hybridized carbons (Fsp3) is 0.536. The summed E-state index contributed by atoms with van der Waals surface area (Å²) >= 11 is 0. The fourth-order valence-corrected chi connectivity index (χ4v) is 5.38. The largest absolute Gasteiger partial charge is 0.497 e. The predicted molar refractivity (Wildman–Crippen MR) is 136 cm³/mol. The molecule has 1 saturated carbocycles. The molecule has 1 aliphatic heterocycles. The minimum absolute atomic E-state index is 0.0365. The Morgan fingerprint density at radius 2 is 1.77 bits per heavy atom. The van der Waals surface area contributed by atoms with E-state index < -0.39 is 5.43 Å². The summed E-state index contributed by atoms with van der Waals surface area (Å²) in [7, 11) is 1.62. The lowest BCUT2D eigenvalue weighted by Crippen LogP contribution is -2.46. The second kappa shape index (κ2) is 11.6. The molecule has 2 heterocycles. The van der Waals surface area contributed by atoms with Gasteiger partial charge in [0, 0.05) is 37.6 Å². The van der Waals surface area contributed by atoms with Crippen LogP contribution in [-0.4, -0.2) is 47.0 Å². The molecule has 1 N–H and O–H groups in total. The van der Waals surface area contributed by atoms with Crippen LogP contribution in [0.5, 0.6) is 5.75 Å². The van der Waals surface area contributed by atoms with Gasteiger partial charge in [0.2, 0.25) is 5.43 Å². The fourth-order valence-electron chi connectivity index (χ4n) is 5.38. The van der Waals surface area contributed by atoms with Crippen LogP contribution >= 0.6 is 0 Å². The van der Waals surface area contributed by atoms with Gasteiger partial charge in [0.15, 0.2) is 0 Å². The number of hydrogen-bond acceptors (Lipinski definition) is 4. The van der Waals surface area contributed by atoms with Gasteiger partial charge in [-0.2, -0.15) is 0 Å². The number of ether oxygens (including phenoxy) is 1. The molecule has 35 heavy (non-hydrogen) atoms. The maximum Gasteiger partial charge on any atom is 0.259 e. The molecule has 0 spiro atoms. The van der Waals surface area contributed by atoms with Crippen molar-refractivity contribution >= 4 is 11.8 Å². The summed E-state index contributed by atoms with van der Waals surface area (Å²) in [5, 5.41) is 3.05. The van der Waals surface area contributed by atoms with Gasteiger partial charge in [-0.15, -0.1) is 0 Å². The summed E-state index contributed by atoms with van der Waals surface area (Å²) in [6.07, 6.45) is 12.2. The normalized spacial score (nSPS) is 18.8. The zero-order valence-electron chi connectivity index (χ0n) is 20.9. The first-order valence-electron chi connectivity index (χ1n) is 13.0. The Bertz CT molecular complexity index is 1100. The number of nitrogens with one attached hydrogen (secondary N) is 1. The SMILES string of the molecule is CCC1CCCCN1C(=O)c1cn(Cc2cccc(OC)c2)cc(C(=O)NC2CCCCC2)c1=O. The third-order valence-electron chi connectivity index (χ3n) is 7.35. The number of amides is 2. The van der Waals surface area contributed by atoms with Gasteiger partial charge >= 0.3 is 0 Å². The quantitative estimate of drug-likeness (QED) is 0.639. The monoisotopic (exact) mass is 479 g/mol. The van der Waals surface area contributed by atoms with Crippen LogP contribution in [0.3, 0.4) is 0 Å². The van der Waals surface area contributed by atoms with Crippen molar-refractivity contribution in [2.45, 2.75) is 83.3 Å². The number of carbonyl (C=O) groups excluding carboxylic acids is 2. The molecule has 7 nitrogen and oxygen atoms in total. The molecule has 2 aliphatic rings. The lowest BCUT2D eigenvalue weighted by Gasteiger charge is -2.35. The van der Waals surface area contributed by atoms with E-state index in [0.29, 0.717) is 13.1 Å². The minimum atomic E-state index is -0.481. The molecule has 0 bridgehead atoms. The van der Waals surface area contributed by atoms with Crippen molar-refractivity contribution in [3.05, 3.63) is 63.6 Å². The van der Waals surface area contributed by atoms with Crippen molar-refractivity contribution in [3.8, 4) is 5.75 Å². The third-order valence-corrected chi connectivity index (χ3v) is 7.35. The Morgan fingerprint density at radius 1 is 1.03 bits per heavy atom. The van der Waals surface area contributed by atoms with E-state index in [9.17, 15) is 14.4 Å². The summed E-state index contributed by atoms with van der Waals surface area (Å²) in [6.45, 7) is 3.13. The Balaban J connectivity index is 1.69. The van der Waals surface area contributed by atoms with Crippen LogP contribution in [0.4, 0.5) is 0 Å². The van der Waals surface area contributed by atoms with Crippen LogP contribution < -0.4 is 15.5 Å². The van der Waals surface area contributed by atoms with Gasteiger partial charge in [-0.05, 0) is 56.2 Å². The molecule has 1 unspecified atom stereocenters. The summed E-state index contributed by atoms with van der Waals surface area (Å²) in [5.41, 5.74) is 0.582. The zero-order valence-corrected chi connectivity index (χ0v) is 20.9. The maximum atomic E-state index is 13.6. The highest BCUT2D eigenvalue weighted by Gasteiger charge is 2.30. The number of pyridine rings is 1. The summed E-state index contributed by atoms with van der Waals surface area (Å²) in [5.74, 6) is 0.0732. The van der Waals surface area contributed by atoms with E-state index in [1.807, 2.05) is 29.2 Å². The van der Waals surface area contributed by atoms with Crippen LogP contribution in [0, 0.1) is 0 Å². The van der Waals surface area contributed by atoms with E-state index >= 15 is 0 Å². The van der Waals surface area contributed by atoms with E-state index in [4.69, 9.17) is 4.74 Å². The van der Waals surface area contributed by atoms with Gasteiger partial charge in [-0.3, -0.25) is 14.4 Å². The average Bonchev–Trinajstić information content (AvgIpc) is 2.89. The van der Waals surface area contributed by atoms with Crippen molar-refractivity contribution < 1.29 is 14.3 Å². The van der Waals surface area contributed by atoms with Crippen LogP contribution in [0.25, 0.3) is 0 Å². The van der Waals surface area contributed by atoms with Gasteiger partial charge in [0.1, 0.15) is 16.9 Å². The van der Waals surface area contributed by atoms with E-state index in [0.717, 1.165) is 62.7 Å². The molecule has 1 aromatic carbocycles. The first kappa shape index (κ1) is 25.0. The number of nitrogens with zero attached hydrogens (tertiary/aromatic N) is 2. The molecular formula is C28H37N3O4. The summed E-state index contributed by atoms with van der Waals surface area (Å²) < 4.78 is 7.12. The molecule has 2 fully saturated rings. The first-order chi connectivity index (χ1) is 17.0. The Kier molecular flexibility index (Phi) is 8.26. The van der Waals surface area contributed by atoms with Crippen molar-refractivity contribution in [1.29, 1.82) is 0 Å². The molecule has 188 valence electrons. The minimum Gasteiger partial charge on any atom is -0.497 e. The standard InChI is InChI=1S/C28H37N3O4/c1-3-22-13-7-8-15-31(22)28(34)25-19-30(17-20-10-9-14-23(16-20)35-2)18-24(26(25)32)27(33)29-21-11-5-4-6-12-21/h9-10,14,16,18-19,21-22H,3-8,11-13,15,17H2,1-2H3,(H,29,33). The lowest BCUT2D eigenvalue weighted by molar-refractivity contribution is 0.0605. The number of piperidine rings is 1. The Labute approximate surface area is 207 Å². The van der Waals surface area contributed by atoms with Crippen LogP contribution in [0.1, 0.15) is 91.0 Å². The highest BCUT2D eigenvalue weighted by atomic mass is 16.5.